The number of nitrogens with one attached hydrogen (secondary N) is 1. The first-order valence-electron chi connectivity index (χ1n) is 5.63. The second kappa shape index (κ2) is 6.49. The van der Waals surface area contributed by atoms with E-state index >= 15 is 0 Å². The number of hydrogen-bond acceptors (Lipinski definition) is 4. The van der Waals surface area contributed by atoms with E-state index in [9.17, 15) is 14.4 Å². The molecule has 0 fully saturated rings. The molecular formula is C12H21NO4. The molecule has 1 atom stereocenters. The molecule has 0 bridgehead atoms. The molecule has 17 heavy (non-hydrogen) atoms. The van der Waals surface area contributed by atoms with Gasteiger partial charge >= 0.3 is 5.97 Å². The van der Waals surface area contributed by atoms with Crippen LogP contribution in [0.2, 0.25) is 0 Å². The molecule has 98 valence electrons. The molecule has 0 saturated carbocycles. The molecule has 0 amide bonds. The zero-order valence-electron chi connectivity index (χ0n) is 10.9. The van der Waals surface area contributed by atoms with Gasteiger partial charge in [-0.15, -0.1) is 0 Å². The number of likely N-dealkylation sites (N-methyl/N-ethyl adjacent to an activating group) is 1. The Kier molecular flexibility index (Phi) is 6.02. The third-order valence-corrected chi connectivity index (χ3v) is 2.95. The summed E-state index contributed by atoms with van der Waals surface area (Å²) in [5.41, 5.74) is -0.685. The van der Waals surface area contributed by atoms with Crippen molar-refractivity contribution in [2.45, 2.75) is 46.1 Å². The van der Waals surface area contributed by atoms with Gasteiger partial charge in [-0.25, -0.2) is 0 Å². The molecule has 0 aromatic carbocycles. The highest BCUT2D eigenvalue weighted by Crippen LogP contribution is 2.23. The molecule has 2 N–H and O–H groups in total. The molecule has 0 radical (unpaired) electrons. The average molecular weight is 243 g/mol. The Morgan fingerprint density at radius 1 is 1.29 bits per heavy atom. The third kappa shape index (κ3) is 5.58. The molecule has 0 aromatic heterocycles. The van der Waals surface area contributed by atoms with Crippen molar-refractivity contribution in [3.05, 3.63) is 0 Å². The maximum Gasteiger partial charge on any atom is 0.303 e. The Morgan fingerprint density at radius 2 is 1.82 bits per heavy atom. The van der Waals surface area contributed by atoms with Crippen LogP contribution in [0.25, 0.3) is 0 Å². The number of rotatable bonds is 8. The summed E-state index contributed by atoms with van der Waals surface area (Å²) in [6.45, 7) is 4.90. The molecule has 0 aromatic rings. The molecule has 0 aliphatic carbocycles. The lowest BCUT2D eigenvalue weighted by atomic mass is 9.81. The largest absolute Gasteiger partial charge is 0.481 e. The number of carbonyl (C=O) groups is 3. The predicted octanol–water partition coefficient (Wildman–Crippen LogP) is 1.01. The molecule has 0 saturated heterocycles. The quantitative estimate of drug-likeness (QED) is 0.665. The zero-order chi connectivity index (χ0) is 13.6. The maximum absolute atomic E-state index is 11.9. The molecule has 0 heterocycles. The van der Waals surface area contributed by atoms with Crippen molar-refractivity contribution in [3.8, 4) is 0 Å². The minimum absolute atomic E-state index is 0.0427. The summed E-state index contributed by atoms with van der Waals surface area (Å²) in [7, 11) is 1.62. The van der Waals surface area contributed by atoms with E-state index in [4.69, 9.17) is 5.11 Å². The van der Waals surface area contributed by atoms with Gasteiger partial charge in [0.2, 0.25) is 0 Å². The molecule has 0 rings (SSSR count). The fourth-order valence-electron chi connectivity index (χ4n) is 1.42. The van der Waals surface area contributed by atoms with Gasteiger partial charge in [-0.3, -0.25) is 14.4 Å². The lowest BCUT2D eigenvalue weighted by Crippen LogP contribution is -2.38. The van der Waals surface area contributed by atoms with Crippen LogP contribution in [-0.2, 0) is 14.4 Å². The van der Waals surface area contributed by atoms with Crippen molar-refractivity contribution in [3.63, 3.8) is 0 Å². The SMILES string of the molecule is CN[C@H](CCC(=O)O)C(=O)CC(C)(C)C(C)=O. The average Bonchev–Trinajstić information content (AvgIpc) is 2.16. The summed E-state index contributed by atoms with van der Waals surface area (Å²) in [6, 6.07) is -0.496. The van der Waals surface area contributed by atoms with Crippen molar-refractivity contribution in [1.29, 1.82) is 0 Å². The van der Waals surface area contributed by atoms with Crippen LogP contribution in [0.3, 0.4) is 0 Å². The molecule has 0 aliphatic rings. The Hall–Kier alpha value is -1.23. The van der Waals surface area contributed by atoms with Crippen LogP contribution < -0.4 is 5.32 Å². The number of hydrogen-bond donors (Lipinski definition) is 2. The van der Waals surface area contributed by atoms with Gasteiger partial charge in [-0.2, -0.15) is 0 Å². The topological polar surface area (TPSA) is 83.5 Å². The standard InChI is InChI=1S/C12H21NO4/c1-8(14)12(2,3)7-10(15)9(13-4)5-6-11(16)17/h9,13H,5-7H2,1-4H3,(H,16,17)/t9-/m1/s1. The summed E-state index contributed by atoms with van der Waals surface area (Å²) in [5, 5.41) is 11.4. The van der Waals surface area contributed by atoms with Gasteiger partial charge in [-0.1, -0.05) is 13.8 Å². The first kappa shape index (κ1) is 15.8. The van der Waals surface area contributed by atoms with E-state index in [0.29, 0.717) is 0 Å². The van der Waals surface area contributed by atoms with E-state index in [0.717, 1.165) is 0 Å². The van der Waals surface area contributed by atoms with Gasteiger partial charge in [0.25, 0.3) is 0 Å². The van der Waals surface area contributed by atoms with Crippen molar-refractivity contribution in [2.24, 2.45) is 5.41 Å². The van der Waals surface area contributed by atoms with E-state index in [-0.39, 0.29) is 30.8 Å². The summed E-state index contributed by atoms with van der Waals surface area (Å²) in [5.74, 6) is -1.09. The minimum Gasteiger partial charge on any atom is -0.481 e. The highest BCUT2D eigenvalue weighted by atomic mass is 16.4. The van der Waals surface area contributed by atoms with Crippen LogP contribution >= 0.6 is 0 Å². The maximum atomic E-state index is 11.9. The van der Waals surface area contributed by atoms with E-state index in [2.05, 4.69) is 5.32 Å². The van der Waals surface area contributed by atoms with Crippen molar-refractivity contribution >= 4 is 17.5 Å². The van der Waals surface area contributed by atoms with Crippen molar-refractivity contribution < 1.29 is 19.5 Å². The lowest BCUT2D eigenvalue weighted by molar-refractivity contribution is -0.137. The first-order chi connectivity index (χ1) is 7.70. The number of aliphatic carboxylic acids is 1. The van der Waals surface area contributed by atoms with Gasteiger partial charge in [-0.05, 0) is 20.4 Å². The van der Waals surface area contributed by atoms with E-state index in [1.807, 2.05) is 0 Å². The molecule has 5 nitrogen and oxygen atoms in total. The van der Waals surface area contributed by atoms with Crippen LogP contribution in [0.15, 0.2) is 0 Å². The molecule has 0 aliphatic heterocycles. The molecular weight excluding hydrogens is 222 g/mol. The smallest absolute Gasteiger partial charge is 0.303 e. The Morgan fingerprint density at radius 3 is 2.18 bits per heavy atom. The van der Waals surface area contributed by atoms with Crippen LogP contribution in [0.5, 0.6) is 0 Å². The lowest BCUT2D eigenvalue weighted by Gasteiger charge is -2.23. The monoisotopic (exact) mass is 243 g/mol. The first-order valence-corrected chi connectivity index (χ1v) is 5.63. The summed E-state index contributed by atoms with van der Waals surface area (Å²) in [4.78, 5) is 33.7. The van der Waals surface area contributed by atoms with Crippen LogP contribution in [0.4, 0.5) is 0 Å². The predicted molar refractivity (Wildman–Crippen MR) is 63.8 cm³/mol. The fourth-order valence-corrected chi connectivity index (χ4v) is 1.42. The highest BCUT2D eigenvalue weighted by molar-refractivity contribution is 5.91. The second-order valence-corrected chi connectivity index (χ2v) is 4.86. The fraction of sp³-hybridized carbons (Fsp3) is 0.750. The number of ketones is 2. The number of Topliss-reactive ketones (excluding diaryl/α,β-unsaturated/α-hetero) is 2. The van der Waals surface area contributed by atoms with Gasteiger partial charge in [0.15, 0.2) is 5.78 Å². The summed E-state index contributed by atoms with van der Waals surface area (Å²) in [6.07, 6.45) is 0.323. The zero-order valence-corrected chi connectivity index (χ0v) is 10.9. The van der Waals surface area contributed by atoms with Gasteiger partial charge in [0.05, 0.1) is 6.04 Å². The molecule has 0 spiro atoms. The van der Waals surface area contributed by atoms with Crippen molar-refractivity contribution in [2.75, 3.05) is 7.05 Å². The van der Waals surface area contributed by atoms with E-state index < -0.39 is 17.4 Å². The molecule has 5 heteroatoms. The summed E-state index contributed by atoms with van der Waals surface area (Å²) < 4.78 is 0. The van der Waals surface area contributed by atoms with E-state index in [1.54, 1.807) is 20.9 Å². The van der Waals surface area contributed by atoms with Crippen molar-refractivity contribution in [1.82, 2.24) is 5.32 Å². The second-order valence-electron chi connectivity index (χ2n) is 4.86. The number of carbonyl (C=O) groups excluding carboxylic acids is 2. The van der Waals surface area contributed by atoms with E-state index in [1.165, 1.54) is 6.92 Å². The molecule has 0 unspecified atom stereocenters. The van der Waals surface area contributed by atoms with Gasteiger partial charge in [0.1, 0.15) is 5.78 Å². The number of carboxylic acids is 1. The summed E-state index contributed by atoms with van der Waals surface area (Å²) >= 11 is 0. The Bertz CT molecular complexity index is 310. The number of carboxylic acid groups (broad SMARTS) is 1. The minimum atomic E-state index is -0.927. The highest BCUT2D eigenvalue weighted by Gasteiger charge is 2.30. The van der Waals surface area contributed by atoms with Crippen LogP contribution in [0.1, 0.15) is 40.0 Å². The Labute approximate surface area is 102 Å². The van der Waals surface area contributed by atoms with Gasteiger partial charge < -0.3 is 10.4 Å². The van der Waals surface area contributed by atoms with Crippen LogP contribution in [0, 0.1) is 5.41 Å². The third-order valence-electron chi connectivity index (χ3n) is 2.95. The normalized spacial score (nSPS) is 13.2. The van der Waals surface area contributed by atoms with Gasteiger partial charge in [0, 0.05) is 18.3 Å². The Balaban J connectivity index is 4.45. The van der Waals surface area contributed by atoms with Crippen LogP contribution in [-0.4, -0.2) is 35.7 Å².